The molecule has 138 valence electrons. The molecule has 0 spiro atoms. The zero-order valence-corrected chi connectivity index (χ0v) is 14.5. The van der Waals surface area contributed by atoms with E-state index in [9.17, 15) is 14.7 Å². The Labute approximate surface area is 144 Å². The number of nitrogens with zero attached hydrogens (tertiary/aromatic N) is 4. The molecule has 2 aromatic rings. The third-order valence-corrected chi connectivity index (χ3v) is 4.27. The Kier molecular flexibility index (Phi) is 5.21. The Bertz CT molecular complexity index is 846. The lowest BCUT2D eigenvalue weighted by molar-refractivity contribution is 0.0398. The predicted octanol–water partition coefficient (Wildman–Crippen LogP) is -1.45. The van der Waals surface area contributed by atoms with Gasteiger partial charge in [0.15, 0.2) is 11.2 Å². The number of imidazole rings is 1. The van der Waals surface area contributed by atoms with Crippen molar-refractivity contribution >= 4 is 17.1 Å². The summed E-state index contributed by atoms with van der Waals surface area (Å²) in [6.07, 6.45) is -0.658. The number of hydrogen-bond donors (Lipinski definition) is 3. The number of morpholine rings is 1. The quantitative estimate of drug-likeness (QED) is 0.582. The molecule has 10 heteroatoms. The fraction of sp³-hybridized carbons (Fsp3) is 0.667. The van der Waals surface area contributed by atoms with Gasteiger partial charge in [0.25, 0.3) is 5.56 Å². The molecule has 0 saturated carbocycles. The van der Waals surface area contributed by atoms with Crippen molar-refractivity contribution in [3.05, 3.63) is 20.8 Å². The maximum Gasteiger partial charge on any atom is 0.329 e. The van der Waals surface area contributed by atoms with E-state index in [1.54, 1.807) is 18.5 Å². The Hall–Kier alpha value is -2.17. The molecule has 0 amide bonds. The Morgan fingerprint density at radius 1 is 1.36 bits per heavy atom. The van der Waals surface area contributed by atoms with Crippen LogP contribution in [0.25, 0.3) is 11.2 Å². The van der Waals surface area contributed by atoms with Crippen LogP contribution in [-0.2, 0) is 18.3 Å². The third kappa shape index (κ3) is 3.75. The van der Waals surface area contributed by atoms with Gasteiger partial charge in [-0.15, -0.1) is 0 Å². The first-order valence-electron chi connectivity index (χ1n) is 8.39. The zero-order chi connectivity index (χ0) is 18.0. The molecule has 10 nitrogen and oxygen atoms in total. The number of nitrogens with one attached hydrogen (secondary N) is 2. The average molecular weight is 352 g/mol. The molecule has 1 saturated heterocycles. The number of aryl methyl sites for hydroxylation is 1. The fourth-order valence-electron chi connectivity index (χ4n) is 2.96. The summed E-state index contributed by atoms with van der Waals surface area (Å²) in [6, 6.07) is 0. The van der Waals surface area contributed by atoms with E-state index < -0.39 is 17.4 Å². The van der Waals surface area contributed by atoms with Gasteiger partial charge in [-0.25, -0.2) is 4.79 Å². The highest BCUT2D eigenvalue weighted by Crippen LogP contribution is 2.15. The van der Waals surface area contributed by atoms with Gasteiger partial charge in [-0.1, -0.05) is 0 Å². The van der Waals surface area contributed by atoms with Gasteiger partial charge in [0.2, 0.25) is 5.95 Å². The van der Waals surface area contributed by atoms with Crippen LogP contribution in [0.15, 0.2) is 9.59 Å². The Balaban J connectivity index is 1.87. The normalized spacial score (nSPS) is 17.1. The number of aromatic amines is 1. The molecule has 3 heterocycles. The Morgan fingerprint density at radius 3 is 2.76 bits per heavy atom. The lowest BCUT2D eigenvalue weighted by Gasteiger charge is -2.26. The SMILES string of the molecule is C[C@@H](O)Cn1c(NCCN2CCOCC2)nc2c1c(=O)[nH]c(=O)n2C. The van der Waals surface area contributed by atoms with Crippen LogP contribution < -0.4 is 16.6 Å². The smallest absolute Gasteiger partial charge is 0.329 e. The number of hydrogen-bond acceptors (Lipinski definition) is 7. The second-order valence-corrected chi connectivity index (χ2v) is 6.27. The molecule has 1 aliphatic rings. The van der Waals surface area contributed by atoms with Crippen LogP contribution in [0, 0.1) is 0 Å². The monoisotopic (exact) mass is 352 g/mol. The summed E-state index contributed by atoms with van der Waals surface area (Å²) in [5.41, 5.74) is -0.452. The zero-order valence-electron chi connectivity index (χ0n) is 14.5. The minimum Gasteiger partial charge on any atom is -0.392 e. The minimum atomic E-state index is -0.658. The maximum absolute atomic E-state index is 12.2. The summed E-state index contributed by atoms with van der Waals surface area (Å²) in [4.78, 5) is 33.0. The first-order chi connectivity index (χ1) is 12.0. The second kappa shape index (κ2) is 7.38. The van der Waals surface area contributed by atoms with Crippen LogP contribution in [-0.4, -0.2) is 74.6 Å². The Morgan fingerprint density at radius 2 is 2.08 bits per heavy atom. The molecule has 3 N–H and O–H groups in total. The number of fused-ring (bicyclic) bond motifs is 1. The number of aliphatic hydroxyl groups excluding tert-OH is 1. The molecular formula is C15H24N6O4. The van der Waals surface area contributed by atoms with Gasteiger partial charge in [0, 0.05) is 33.2 Å². The van der Waals surface area contributed by atoms with Crippen LogP contribution >= 0.6 is 0 Å². The molecule has 25 heavy (non-hydrogen) atoms. The second-order valence-electron chi connectivity index (χ2n) is 6.27. The van der Waals surface area contributed by atoms with Crippen molar-refractivity contribution in [3.8, 4) is 0 Å². The van der Waals surface area contributed by atoms with E-state index in [0.717, 1.165) is 32.8 Å². The van der Waals surface area contributed by atoms with Crippen molar-refractivity contribution in [1.82, 2.24) is 24.0 Å². The van der Waals surface area contributed by atoms with Crippen LogP contribution in [0.4, 0.5) is 5.95 Å². The van der Waals surface area contributed by atoms with Crippen molar-refractivity contribution in [2.45, 2.75) is 19.6 Å². The van der Waals surface area contributed by atoms with E-state index in [1.807, 2.05) is 0 Å². The average Bonchev–Trinajstić information content (AvgIpc) is 2.92. The van der Waals surface area contributed by atoms with E-state index in [2.05, 4.69) is 20.2 Å². The highest BCUT2D eigenvalue weighted by molar-refractivity contribution is 5.74. The van der Waals surface area contributed by atoms with Crippen LogP contribution in [0.1, 0.15) is 6.92 Å². The molecule has 2 aromatic heterocycles. The van der Waals surface area contributed by atoms with Crippen molar-refractivity contribution in [1.29, 1.82) is 0 Å². The molecule has 3 rings (SSSR count). The number of H-pyrrole nitrogens is 1. The van der Waals surface area contributed by atoms with Crippen molar-refractivity contribution in [3.63, 3.8) is 0 Å². The highest BCUT2D eigenvalue weighted by Gasteiger charge is 2.18. The molecule has 0 aliphatic carbocycles. The van der Waals surface area contributed by atoms with Crippen molar-refractivity contribution in [2.24, 2.45) is 7.05 Å². The summed E-state index contributed by atoms with van der Waals surface area (Å²) < 4.78 is 8.24. The molecule has 1 atom stereocenters. The van der Waals surface area contributed by atoms with E-state index in [0.29, 0.717) is 18.1 Å². The maximum atomic E-state index is 12.2. The molecule has 0 aromatic carbocycles. The van der Waals surface area contributed by atoms with Gasteiger partial charge in [-0.2, -0.15) is 4.98 Å². The van der Waals surface area contributed by atoms with Gasteiger partial charge in [0.1, 0.15) is 0 Å². The number of anilines is 1. The summed E-state index contributed by atoms with van der Waals surface area (Å²) in [6.45, 7) is 6.54. The molecule has 0 bridgehead atoms. The number of aromatic nitrogens is 4. The van der Waals surface area contributed by atoms with Gasteiger partial charge < -0.3 is 19.7 Å². The molecule has 0 radical (unpaired) electrons. The lowest BCUT2D eigenvalue weighted by Crippen LogP contribution is -2.39. The third-order valence-electron chi connectivity index (χ3n) is 4.27. The van der Waals surface area contributed by atoms with Crippen LogP contribution in [0.3, 0.4) is 0 Å². The van der Waals surface area contributed by atoms with E-state index in [-0.39, 0.29) is 12.1 Å². The number of rotatable bonds is 6. The summed E-state index contributed by atoms with van der Waals surface area (Å²) in [5.74, 6) is 0.468. The van der Waals surface area contributed by atoms with E-state index in [4.69, 9.17) is 4.74 Å². The van der Waals surface area contributed by atoms with E-state index >= 15 is 0 Å². The van der Waals surface area contributed by atoms with Gasteiger partial charge in [0.05, 0.1) is 25.9 Å². The van der Waals surface area contributed by atoms with E-state index in [1.165, 1.54) is 4.57 Å². The fourth-order valence-corrected chi connectivity index (χ4v) is 2.96. The standard InChI is InChI=1S/C15H24N6O4/c1-10(22)9-21-11-12(19(2)15(24)18-13(11)23)17-14(21)16-3-4-20-5-7-25-8-6-20/h10,22H,3-9H2,1-2H3,(H,16,17)(H,18,23,24)/t10-/m1/s1. The summed E-state index contributed by atoms with van der Waals surface area (Å²) >= 11 is 0. The molecule has 0 unspecified atom stereocenters. The van der Waals surface area contributed by atoms with Crippen molar-refractivity contribution in [2.75, 3.05) is 44.7 Å². The minimum absolute atomic E-state index is 0.206. The van der Waals surface area contributed by atoms with Gasteiger partial charge in [-0.3, -0.25) is 19.2 Å². The first kappa shape index (κ1) is 17.6. The topological polar surface area (TPSA) is 117 Å². The number of aliphatic hydroxyl groups is 1. The molecule has 1 aliphatic heterocycles. The van der Waals surface area contributed by atoms with Gasteiger partial charge >= 0.3 is 5.69 Å². The first-order valence-corrected chi connectivity index (χ1v) is 8.39. The van der Waals surface area contributed by atoms with Crippen molar-refractivity contribution < 1.29 is 9.84 Å². The lowest BCUT2D eigenvalue weighted by atomic mass is 10.4. The largest absolute Gasteiger partial charge is 0.392 e. The van der Waals surface area contributed by atoms with Crippen LogP contribution in [0.5, 0.6) is 0 Å². The summed E-state index contributed by atoms with van der Waals surface area (Å²) in [5, 5.41) is 13.0. The number of ether oxygens (including phenoxy) is 1. The highest BCUT2D eigenvalue weighted by atomic mass is 16.5. The molecule has 1 fully saturated rings. The van der Waals surface area contributed by atoms with Crippen LogP contribution in [0.2, 0.25) is 0 Å². The predicted molar refractivity (Wildman–Crippen MR) is 93.0 cm³/mol. The molecular weight excluding hydrogens is 328 g/mol. The summed E-state index contributed by atoms with van der Waals surface area (Å²) in [7, 11) is 1.55. The van der Waals surface area contributed by atoms with Gasteiger partial charge in [-0.05, 0) is 6.92 Å².